The number of carbonyl (C=O) groups is 2. The molecule has 138 valence electrons. The highest BCUT2D eigenvalue weighted by atomic mass is 19.1. The number of hydrogen-bond donors (Lipinski definition) is 2. The first-order valence-corrected chi connectivity index (χ1v) is 8.57. The van der Waals surface area contributed by atoms with Crippen LogP contribution in [0.3, 0.4) is 0 Å². The van der Waals surface area contributed by atoms with E-state index in [0.717, 1.165) is 5.56 Å². The molecule has 0 saturated carbocycles. The number of halogens is 1. The molecule has 0 unspecified atom stereocenters. The van der Waals surface area contributed by atoms with Crippen LogP contribution in [0.2, 0.25) is 0 Å². The van der Waals surface area contributed by atoms with Crippen LogP contribution in [-0.2, 0) is 4.79 Å². The van der Waals surface area contributed by atoms with Gasteiger partial charge in [-0.05, 0) is 50.1 Å². The Kier molecular flexibility index (Phi) is 7.14. The second kappa shape index (κ2) is 9.56. The molecule has 0 atom stereocenters. The topological polar surface area (TPSA) is 67.4 Å². The van der Waals surface area contributed by atoms with Gasteiger partial charge < -0.3 is 15.4 Å². The summed E-state index contributed by atoms with van der Waals surface area (Å²) >= 11 is 0. The molecule has 2 amide bonds. The van der Waals surface area contributed by atoms with Gasteiger partial charge in [-0.3, -0.25) is 9.59 Å². The number of anilines is 1. The largest absolute Gasteiger partial charge is 0.493 e. The van der Waals surface area contributed by atoms with Crippen LogP contribution in [-0.4, -0.2) is 25.0 Å². The van der Waals surface area contributed by atoms with Crippen molar-refractivity contribution >= 4 is 17.5 Å². The lowest BCUT2D eigenvalue weighted by atomic mass is 10.1. The van der Waals surface area contributed by atoms with Crippen molar-refractivity contribution in [1.29, 1.82) is 0 Å². The molecule has 0 aliphatic carbocycles. The second-order valence-corrected chi connectivity index (χ2v) is 5.80. The van der Waals surface area contributed by atoms with Gasteiger partial charge in [-0.15, -0.1) is 0 Å². The SMILES string of the molecule is CCOc1ccccc1C(=O)NCCCC(=O)Nc1cc(F)ccc1C. The van der Waals surface area contributed by atoms with Crippen molar-refractivity contribution in [3.05, 3.63) is 59.4 Å². The normalized spacial score (nSPS) is 10.3. The van der Waals surface area contributed by atoms with E-state index in [-0.39, 0.29) is 18.2 Å². The molecule has 2 rings (SSSR count). The van der Waals surface area contributed by atoms with E-state index in [0.29, 0.717) is 36.6 Å². The van der Waals surface area contributed by atoms with Gasteiger partial charge in [0.2, 0.25) is 5.91 Å². The highest BCUT2D eigenvalue weighted by Crippen LogP contribution is 2.18. The molecule has 0 spiro atoms. The molecule has 0 radical (unpaired) electrons. The number of rotatable bonds is 8. The van der Waals surface area contributed by atoms with E-state index >= 15 is 0 Å². The van der Waals surface area contributed by atoms with Crippen LogP contribution in [0.25, 0.3) is 0 Å². The van der Waals surface area contributed by atoms with Crippen molar-refractivity contribution in [2.24, 2.45) is 0 Å². The molecular formula is C20H23FN2O3. The molecule has 0 aliphatic rings. The van der Waals surface area contributed by atoms with Crippen molar-refractivity contribution in [3.8, 4) is 5.75 Å². The highest BCUT2D eigenvalue weighted by Gasteiger charge is 2.11. The molecule has 0 bridgehead atoms. The summed E-state index contributed by atoms with van der Waals surface area (Å²) in [5.41, 5.74) is 1.72. The Balaban J connectivity index is 1.79. The number of benzene rings is 2. The Hall–Kier alpha value is -2.89. The van der Waals surface area contributed by atoms with Gasteiger partial charge in [-0.2, -0.15) is 0 Å². The van der Waals surface area contributed by atoms with Gasteiger partial charge in [0.05, 0.1) is 12.2 Å². The number of ether oxygens (including phenoxy) is 1. The summed E-state index contributed by atoms with van der Waals surface area (Å²) in [7, 11) is 0. The van der Waals surface area contributed by atoms with Crippen molar-refractivity contribution in [1.82, 2.24) is 5.32 Å². The number of hydrogen-bond acceptors (Lipinski definition) is 3. The van der Waals surface area contributed by atoms with Crippen molar-refractivity contribution in [2.75, 3.05) is 18.5 Å². The van der Waals surface area contributed by atoms with E-state index in [1.54, 1.807) is 37.3 Å². The first-order valence-electron chi connectivity index (χ1n) is 8.57. The van der Waals surface area contributed by atoms with Gasteiger partial charge in [0, 0.05) is 18.7 Å². The molecule has 0 fully saturated rings. The fourth-order valence-corrected chi connectivity index (χ4v) is 2.42. The third kappa shape index (κ3) is 5.58. The van der Waals surface area contributed by atoms with Crippen LogP contribution in [0.5, 0.6) is 5.75 Å². The summed E-state index contributed by atoms with van der Waals surface area (Å²) in [5.74, 6) is -0.323. The Morgan fingerprint density at radius 3 is 2.69 bits per heavy atom. The van der Waals surface area contributed by atoms with Crippen LogP contribution in [0.1, 0.15) is 35.7 Å². The Morgan fingerprint density at radius 2 is 1.92 bits per heavy atom. The Bertz CT molecular complexity index is 777. The zero-order valence-corrected chi connectivity index (χ0v) is 15.0. The standard InChI is InChI=1S/C20H23FN2O3/c1-3-26-18-8-5-4-7-16(18)20(25)22-12-6-9-19(24)23-17-13-15(21)11-10-14(17)2/h4-5,7-8,10-11,13H,3,6,9,12H2,1-2H3,(H,22,25)(H,23,24). The summed E-state index contributed by atoms with van der Waals surface area (Å²) in [6.45, 7) is 4.48. The minimum Gasteiger partial charge on any atom is -0.493 e. The van der Waals surface area contributed by atoms with E-state index < -0.39 is 5.82 Å². The maximum absolute atomic E-state index is 13.2. The van der Waals surface area contributed by atoms with E-state index in [2.05, 4.69) is 10.6 Å². The number of amides is 2. The third-order valence-electron chi connectivity index (χ3n) is 3.77. The van der Waals surface area contributed by atoms with Crippen LogP contribution < -0.4 is 15.4 Å². The predicted octanol–water partition coefficient (Wildman–Crippen LogP) is 3.68. The summed E-state index contributed by atoms with van der Waals surface area (Å²) in [4.78, 5) is 24.2. The number of para-hydroxylation sites is 1. The van der Waals surface area contributed by atoms with E-state index in [4.69, 9.17) is 4.74 Å². The van der Waals surface area contributed by atoms with Gasteiger partial charge in [0.15, 0.2) is 0 Å². The molecule has 26 heavy (non-hydrogen) atoms. The van der Waals surface area contributed by atoms with Crippen LogP contribution in [0.15, 0.2) is 42.5 Å². The highest BCUT2D eigenvalue weighted by molar-refractivity contribution is 5.97. The van der Waals surface area contributed by atoms with Crippen LogP contribution >= 0.6 is 0 Å². The van der Waals surface area contributed by atoms with Gasteiger partial charge in [-0.1, -0.05) is 18.2 Å². The lowest BCUT2D eigenvalue weighted by Gasteiger charge is -2.11. The molecule has 0 aliphatic heterocycles. The summed E-state index contributed by atoms with van der Waals surface area (Å²) < 4.78 is 18.7. The number of nitrogens with one attached hydrogen (secondary N) is 2. The predicted molar refractivity (Wildman–Crippen MR) is 98.9 cm³/mol. The second-order valence-electron chi connectivity index (χ2n) is 5.80. The molecular weight excluding hydrogens is 335 g/mol. The summed E-state index contributed by atoms with van der Waals surface area (Å²) in [5, 5.41) is 5.46. The maximum atomic E-state index is 13.2. The molecule has 0 heterocycles. The lowest BCUT2D eigenvalue weighted by Crippen LogP contribution is -2.26. The smallest absolute Gasteiger partial charge is 0.255 e. The third-order valence-corrected chi connectivity index (χ3v) is 3.77. The monoisotopic (exact) mass is 358 g/mol. The number of carbonyl (C=O) groups excluding carboxylic acids is 2. The van der Waals surface area contributed by atoms with Crippen molar-refractivity contribution in [3.63, 3.8) is 0 Å². The molecule has 2 aromatic rings. The Morgan fingerprint density at radius 1 is 1.15 bits per heavy atom. The number of aryl methyl sites for hydroxylation is 1. The zero-order chi connectivity index (χ0) is 18.9. The average molecular weight is 358 g/mol. The molecule has 0 aromatic heterocycles. The van der Waals surface area contributed by atoms with Crippen molar-refractivity contribution < 1.29 is 18.7 Å². The molecule has 6 heteroatoms. The van der Waals surface area contributed by atoms with Gasteiger partial charge in [-0.25, -0.2) is 4.39 Å². The fraction of sp³-hybridized carbons (Fsp3) is 0.300. The van der Waals surface area contributed by atoms with E-state index in [1.165, 1.54) is 12.1 Å². The molecule has 2 aromatic carbocycles. The molecule has 0 saturated heterocycles. The zero-order valence-electron chi connectivity index (χ0n) is 15.0. The Labute approximate surface area is 152 Å². The minimum absolute atomic E-state index is 0.220. The fourth-order valence-electron chi connectivity index (χ4n) is 2.42. The maximum Gasteiger partial charge on any atom is 0.255 e. The average Bonchev–Trinajstić information content (AvgIpc) is 2.62. The molecule has 5 nitrogen and oxygen atoms in total. The van der Waals surface area contributed by atoms with E-state index in [1.807, 2.05) is 6.92 Å². The van der Waals surface area contributed by atoms with Gasteiger partial charge in [0.25, 0.3) is 5.91 Å². The summed E-state index contributed by atoms with van der Waals surface area (Å²) in [6.07, 6.45) is 0.700. The summed E-state index contributed by atoms with van der Waals surface area (Å²) in [6, 6.07) is 11.3. The van der Waals surface area contributed by atoms with Gasteiger partial charge >= 0.3 is 0 Å². The van der Waals surface area contributed by atoms with Gasteiger partial charge in [0.1, 0.15) is 11.6 Å². The first kappa shape index (κ1) is 19.4. The first-order chi connectivity index (χ1) is 12.5. The van der Waals surface area contributed by atoms with E-state index in [9.17, 15) is 14.0 Å². The van der Waals surface area contributed by atoms with Crippen LogP contribution in [0, 0.1) is 12.7 Å². The lowest BCUT2D eigenvalue weighted by molar-refractivity contribution is -0.116. The molecule has 2 N–H and O–H groups in total. The quantitative estimate of drug-likeness (QED) is 0.708. The van der Waals surface area contributed by atoms with Crippen LogP contribution in [0.4, 0.5) is 10.1 Å². The van der Waals surface area contributed by atoms with Crippen molar-refractivity contribution in [2.45, 2.75) is 26.7 Å². The minimum atomic E-state index is -0.397.